The summed E-state index contributed by atoms with van der Waals surface area (Å²) in [5, 5.41) is 7.05. The van der Waals surface area contributed by atoms with Crippen LogP contribution in [0.5, 0.6) is 0 Å². The molecule has 1 spiro atoms. The number of thioether (sulfide) groups is 1. The predicted octanol–water partition coefficient (Wildman–Crippen LogP) is 2.49. The number of benzene rings is 1. The van der Waals surface area contributed by atoms with E-state index < -0.39 is 0 Å². The van der Waals surface area contributed by atoms with Crippen LogP contribution in [0.2, 0.25) is 0 Å². The van der Waals surface area contributed by atoms with Crippen molar-refractivity contribution in [1.82, 2.24) is 10.6 Å². The van der Waals surface area contributed by atoms with Crippen LogP contribution in [0, 0.1) is 0 Å². The Hall–Kier alpha value is -1.00. The summed E-state index contributed by atoms with van der Waals surface area (Å²) in [7, 11) is 0. The Morgan fingerprint density at radius 1 is 1.33 bits per heavy atom. The number of nitrogens with one attached hydrogen (secondary N) is 2. The van der Waals surface area contributed by atoms with Crippen molar-refractivity contribution in [3.05, 3.63) is 29.8 Å². The Balaban J connectivity index is 1.36. The molecule has 3 aliphatic rings. The summed E-state index contributed by atoms with van der Waals surface area (Å²) < 4.78 is 0. The Kier molecular flexibility index (Phi) is 3.46. The lowest BCUT2D eigenvalue weighted by atomic mass is 9.70. The van der Waals surface area contributed by atoms with Crippen molar-refractivity contribution in [2.45, 2.75) is 60.3 Å². The van der Waals surface area contributed by atoms with Crippen molar-refractivity contribution in [1.29, 1.82) is 0 Å². The lowest BCUT2D eigenvalue weighted by molar-refractivity contribution is -0.121. The van der Waals surface area contributed by atoms with Gasteiger partial charge in [-0.15, -0.1) is 11.8 Å². The highest BCUT2D eigenvalue weighted by Gasteiger charge is 2.41. The normalized spacial score (nSPS) is 29.7. The Morgan fingerprint density at radius 2 is 2.19 bits per heavy atom. The minimum absolute atomic E-state index is 0.0645. The summed E-state index contributed by atoms with van der Waals surface area (Å²) >= 11 is 1.72. The van der Waals surface area contributed by atoms with Crippen molar-refractivity contribution < 1.29 is 4.79 Å². The molecule has 0 radical (unpaired) electrons. The van der Waals surface area contributed by atoms with E-state index in [0.717, 1.165) is 25.8 Å². The van der Waals surface area contributed by atoms with Gasteiger partial charge in [0.2, 0.25) is 5.91 Å². The Bertz CT molecular complexity index is 530. The van der Waals surface area contributed by atoms with Gasteiger partial charge in [0.15, 0.2) is 0 Å². The zero-order valence-corrected chi connectivity index (χ0v) is 13.0. The average molecular weight is 302 g/mol. The molecule has 1 amide bonds. The summed E-state index contributed by atoms with van der Waals surface area (Å²) in [6.07, 6.45) is 6.96. The molecular weight excluding hydrogens is 280 g/mol. The van der Waals surface area contributed by atoms with Gasteiger partial charge in [-0.2, -0.15) is 0 Å². The molecule has 2 heterocycles. The molecule has 2 atom stereocenters. The van der Waals surface area contributed by atoms with Gasteiger partial charge in [0, 0.05) is 16.5 Å². The molecule has 3 nitrogen and oxygen atoms in total. The van der Waals surface area contributed by atoms with Gasteiger partial charge in [0.25, 0.3) is 0 Å². The minimum Gasteiger partial charge on any atom is -0.352 e. The molecule has 2 fully saturated rings. The third kappa shape index (κ3) is 2.59. The van der Waals surface area contributed by atoms with Crippen LogP contribution in [0.4, 0.5) is 0 Å². The van der Waals surface area contributed by atoms with E-state index in [1.54, 1.807) is 11.8 Å². The van der Waals surface area contributed by atoms with E-state index in [-0.39, 0.29) is 11.2 Å². The first-order valence-corrected chi connectivity index (χ1v) is 8.92. The van der Waals surface area contributed by atoms with E-state index in [0.29, 0.717) is 11.6 Å². The van der Waals surface area contributed by atoms with Gasteiger partial charge < -0.3 is 10.6 Å². The summed E-state index contributed by atoms with van der Waals surface area (Å²) in [6.45, 7) is 1.04. The lowest BCUT2D eigenvalue weighted by Crippen LogP contribution is -2.60. The summed E-state index contributed by atoms with van der Waals surface area (Å²) in [5.74, 6) is 0.234. The van der Waals surface area contributed by atoms with Gasteiger partial charge in [0.05, 0.1) is 5.25 Å². The van der Waals surface area contributed by atoms with Crippen molar-refractivity contribution in [2.24, 2.45) is 0 Å². The molecule has 2 aliphatic heterocycles. The van der Waals surface area contributed by atoms with Crippen LogP contribution in [0.15, 0.2) is 29.2 Å². The maximum atomic E-state index is 12.5. The highest BCUT2D eigenvalue weighted by molar-refractivity contribution is 8.01. The van der Waals surface area contributed by atoms with E-state index >= 15 is 0 Å². The van der Waals surface area contributed by atoms with Crippen LogP contribution in [0.25, 0.3) is 0 Å². The second kappa shape index (κ2) is 5.33. The molecule has 2 unspecified atom stereocenters. The first-order chi connectivity index (χ1) is 10.2. The topological polar surface area (TPSA) is 41.1 Å². The lowest BCUT2D eigenvalue weighted by Gasteiger charge is -2.48. The van der Waals surface area contributed by atoms with Gasteiger partial charge in [0.1, 0.15) is 0 Å². The fourth-order valence-corrected chi connectivity index (χ4v) is 5.09. The van der Waals surface area contributed by atoms with Crippen LogP contribution in [-0.4, -0.2) is 29.3 Å². The van der Waals surface area contributed by atoms with Crippen molar-refractivity contribution in [3.8, 4) is 0 Å². The highest BCUT2D eigenvalue weighted by Crippen LogP contribution is 2.39. The molecule has 21 heavy (non-hydrogen) atoms. The predicted molar refractivity (Wildman–Crippen MR) is 85.5 cm³/mol. The number of piperidine rings is 1. The molecule has 1 aliphatic carbocycles. The number of hydrogen-bond acceptors (Lipinski definition) is 3. The number of hydrogen-bond donors (Lipinski definition) is 2. The molecule has 1 aromatic carbocycles. The first-order valence-electron chi connectivity index (χ1n) is 8.04. The third-order valence-electron chi connectivity index (χ3n) is 5.23. The van der Waals surface area contributed by atoms with Crippen molar-refractivity contribution in [3.63, 3.8) is 0 Å². The maximum absolute atomic E-state index is 12.5. The van der Waals surface area contributed by atoms with Crippen molar-refractivity contribution in [2.75, 3.05) is 6.54 Å². The van der Waals surface area contributed by atoms with E-state index in [1.165, 1.54) is 29.7 Å². The standard InChI is InChI=1S/C17H22N2OS/c20-16(15-10-12-4-1-2-5-14(12)21-15)19-13-6-9-18-17(11-13)7-3-8-17/h1-2,4-5,13,15,18H,3,6-11H2,(H,19,20). The number of fused-ring (bicyclic) bond motifs is 1. The molecule has 4 rings (SSSR count). The van der Waals surface area contributed by atoms with E-state index in [9.17, 15) is 4.79 Å². The van der Waals surface area contributed by atoms with E-state index in [2.05, 4.69) is 34.9 Å². The van der Waals surface area contributed by atoms with Crippen LogP contribution in [0.3, 0.4) is 0 Å². The quantitative estimate of drug-likeness (QED) is 0.882. The van der Waals surface area contributed by atoms with Crippen LogP contribution in [0.1, 0.15) is 37.7 Å². The third-order valence-corrected chi connectivity index (χ3v) is 6.54. The first kappa shape index (κ1) is 13.6. The van der Waals surface area contributed by atoms with Gasteiger partial charge in [-0.25, -0.2) is 0 Å². The molecule has 2 N–H and O–H groups in total. The molecule has 0 bridgehead atoms. The highest BCUT2D eigenvalue weighted by atomic mass is 32.2. The van der Waals surface area contributed by atoms with Gasteiger partial charge >= 0.3 is 0 Å². The van der Waals surface area contributed by atoms with E-state index in [1.807, 2.05) is 0 Å². The smallest absolute Gasteiger partial charge is 0.234 e. The molecule has 1 saturated carbocycles. The molecule has 4 heteroatoms. The zero-order valence-electron chi connectivity index (χ0n) is 12.2. The molecule has 1 aromatic rings. The van der Waals surface area contributed by atoms with Crippen LogP contribution < -0.4 is 10.6 Å². The van der Waals surface area contributed by atoms with Gasteiger partial charge in [-0.3, -0.25) is 4.79 Å². The largest absolute Gasteiger partial charge is 0.352 e. The summed E-state index contributed by atoms with van der Waals surface area (Å²) in [5.41, 5.74) is 1.67. The molecule has 0 aromatic heterocycles. The number of amides is 1. The Morgan fingerprint density at radius 3 is 2.95 bits per heavy atom. The summed E-state index contributed by atoms with van der Waals surface area (Å²) in [4.78, 5) is 13.8. The zero-order chi connectivity index (χ0) is 14.3. The summed E-state index contributed by atoms with van der Waals surface area (Å²) in [6, 6.07) is 8.75. The van der Waals surface area contributed by atoms with Crippen LogP contribution >= 0.6 is 11.8 Å². The molecule has 1 saturated heterocycles. The monoisotopic (exact) mass is 302 g/mol. The second-order valence-electron chi connectivity index (χ2n) is 6.68. The van der Waals surface area contributed by atoms with Gasteiger partial charge in [-0.1, -0.05) is 18.2 Å². The SMILES string of the molecule is O=C(NC1CCNC2(CCC2)C1)C1Cc2ccccc2S1. The Labute approximate surface area is 130 Å². The second-order valence-corrected chi connectivity index (χ2v) is 7.92. The van der Waals surface area contributed by atoms with Gasteiger partial charge in [-0.05, 0) is 56.7 Å². The van der Waals surface area contributed by atoms with E-state index in [4.69, 9.17) is 0 Å². The fraction of sp³-hybridized carbons (Fsp3) is 0.588. The molecular formula is C17H22N2OS. The maximum Gasteiger partial charge on any atom is 0.234 e. The molecule has 112 valence electrons. The minimum atomic E-state index is 0.0645. The fourth-order valence-electron chi connectivity index (χ4n) is 3.89. The van der Waals surface area contributed by atoms with Crippen molar-refractivity contribution >= 4 is 17.7 Å². The number of carbonyl (C=O) groups is 1. The number of rotatable bonds is 2. The average Bonchev–Trinajstić information content (AvgIpc) is 2.90. The van der Waals surface area contributed by atoms with Crippen LogP contribution in [-0.2, 0) is 11.2 Å². The number of carbonyl (C=O) groups excluding carboxylic acids is 1.